The van der Waals surface area contributed by atoms with Crippen LogP contribution in [0.4, 0.5) is 0 Å². The van der Waals surface area contributed by atoms with Crippen LogP contribution in [0.2, 0.25) is 0 Å². The fourth-order valence-electron chi connectivity index (χ4n) is 1.31. The molecule has 0 heterocycles. The van der Waals surface area contributed by atoms with Gasteiger partial charge in [-0.3, -0.25) is 4.79 Å². The van der Waals surface area contributed by atoms with E-state index in [0.29, 0.717) is 6.54 Å². The number of likely N-dealkylation sites (N-methyl/N-ethyl adjacent to an activating group) is 1. The van der Waals surface area contributed by atoms with Crippen molar-refractivity contribution in [2.75, 3.05) is 13.6 Å². The summed E-state index contributed by atoms with van der Waals surface area (Å²) < 4.78 is 0. The summed E-state index contributed by atoms with van der Waals surface area (Å²) in [6, 6.07) is 10.1. The molecule has 0 fully saturated rings. The average Bonchev–Trinajstić information content (AvgIpc) is 2.19. The maximum atomic E-state index is 10.4. The minimum Gasteiger partial charge on any atom is -0.344 e. The first-order valence-corrected chi connectivity index (χ1v) is 4.60. The van der Waals surface area contributed by atoms with Crippen molar-refractivity contribution < 1.29 is 4.79 Å². The molecule has 0 saturated carbocycles. The molecule has 0 aliphatic heterocycles. The third-order valence-corrected chi connectivity index (χ3v) is 1.89. The minimum atomic E-state index is 0.679. The summed E-state index contributed by atoms with van der Waals surface area (Å²) in [7, 11) is 1.77. The zero-order valence-corrected chi connectivity index (χ0v) is 8.60. The molecule has 1 aromatic carbocycles. The van der Waals surface area contributed by atoms with Gasteiger partial charge < -0.3 is 4.90 Å². The molecule has 0 aromatic heterocycles. The van der Waals surface area contributed by atoms with Crippen molar-refractivity contribution in [2.24, 2.45) is 0 Å². The Hall–Kier alpha value is -1.57. The van der Waals surface area contributed by atoms with Crippen LogP contribution in [0.1, 0.15) is 12.5 Å². The van der Waals surface area contributed by atoms with E-state index in [1.165, 1.54) is 11.1 Å². The SMILES string of the molecule is C/C(=C\c1ccccc1)CN(C)C=O. The molecule has 0 atom stereocenters. The molecule has 1 aromatic rings. The molecule has 0 aliphatic rings. The van der Waals surface area contributed by atoms with Crippen LogP contribution in [0.3, 0.4) is 0 Å². The Kier molecular flexibility index (Phi) is 3.92. The van der Waals surface area contributed by atoms with Gasteiger partial charge in [-0.2, -0.15) is 0 Å². The van der Waals surface area contributed by atoms with Crippen LogP contribution in [-0.4, -0.2) is 24.9 Å². The van der Waals surface area contributed by atoms with Gasteiger partial charge in [-0.1, -0.05) is 42.0 Å². The maximum absolute atomic E-state index is 10.4. The summed E-state index contributed by atoms with van der Waals surface area (Å²) in [5, 5.41) is 0. The highest BCUT2D eigenvalue weighted by Crippen LogP contribution is 2.06. The van der Waals surface area contributed by atoms with E-state index in [4.69, 9.17) is 0 Å². The second-order valence-electron chi connectivity index (χ2n) is 3.42. The van der Waals surface area contributed by atoms with Gasteiger partial charge in [0.25, 0.3) is 0 Å². The Morgan fingerprint density at radius 1 is 1.36 bits per heavy atom. The van der Waals surface area contributed by atoms with E-state index in [-0.39, 0.29) is 0 Å². The number of amides is 1. The lowest BCUT2D eigenvalue weighted by molar-refractivity contribution is -0.116. The van der Waals surface area contributed by atoms with Gasteiger partial charge in [-0.05, 0) is 12.5 Å². The van der Waals surface area contributed by atoms with Gasteiger partial charge in [0.1, 0.15) is 0 Å². The Labute approximate surface area is 84.9 Å². The Bertz CT molecular complexity index is 316. The van der Waals surface area contributed by atoms with Gasteiger partial charge in [0, 0.05) is 13.6 Å². The molecule has 1 rings (SSSR count). The molecule has 0 unspecified atom stereocenters. The van der Waals surface area contributed by atoms with Gasteiger partial charge in [0.15, 0.2) is 0 Å². The quantitative estimate of drug-likeness (QED) is 0.665. The number of carbonyl (C=O) groups excluding carboxylic acids is 1. The fourth-order valence-corrected chi connectivity index (χ4v) is 1.31. The predicted molar refractivity (Wildman–Crippen MR) is 58.8 cm³/mol. The highest BCUT2D eigenvalue weighted by atomic mass is 16.1. The van der Waals surface area contributed by atoms with Crippen molar-refractivity contribution in [1.82, 2.24) is 4.90 Å². The van der Waals surface area contributed by atoms with E-state index in [2.05, 4.69) is 6.08 Å². The summed E-state index contributed by atoms with van der Waals surface area (Å²) in [5.74, 6) is 0. The van der Waals surface area contributed by atoms with Crippen LogP contribution >= 0.6 is 0 Å². The monoisotopic (exact) mass is 189 g/mol. The molecule has 1 amide bonds. The first-order chi connectivity index (χ1) is 6.72. The van der Waals surface area contributed by atoms with Crippen molar-refractivity contribution in [2.45, 2.75) is 6.92 Å². The molecular weight excluding hydrogens is 174 g/mol. The maximum Gasteiger partial charge on any atom is 0.209 e. The second kappa shape index (κ2) is 5.22. The highest BCUT2D eigenvalue weighted by Gasteiger charge is 1.95. The van der Waals surface area contributed by atoms with Gasteiger partial charge >= 0.3 is 0 Å². The second-order valence-corrected chi connectivity index (χ2v) is 3.42. The Morgan fingerprint density at radius 2 is 2.00 bits per heavy atom. The lowest BCUT2D eigenvalue weighted by atomic mass is 10.1. The van der Waals surface area contributed by atoms with E-state index in [0.717, 1.165) is 6.41 Å². The standard InChI is InChI=1S/C12H15NO/c1-11(9-13(2)10-14)8-12-6-4-3-5-7-12/h3-8,10H,9H2,1-2H3/b11-8+. The van der Waals surface area contributed by atoms with Gasteiger partial charge in [-0.15, -0.1) is 0 Å². The number of carbonyl (C=O) groups is 1. The zero-order chi connectivity index (χ0) is 10.4. The third kappa shape index (κ3) is 3.44. The molecule has 0 N–H and O–H groups in total. The summed E-state index contributed by atoms with van der Waals surface area (Å²) in [6.07, 6.45) is 2.92. The van der Waals surface area contributed by atoms with E-state index in [1.807, 2.05) is 37.3 Å². The molecular formula is C12H15NO. The lowest BCUT2D eigenvalue weighted by Gasteiger charge is -2.10. The van der Waals surface area contributed by atoms with Crippen LogP contribution in [0.15, 0.2) is 35.9 Å². The van der Waals surface area contributed by atoms with Crippen molar-refractivity contribution in [3.05, 3.63) is 41.5 Å². The van der Waals surface area contributed by atoms with Crippen molar-refractivity contribution in [1.29, 1.82) is 0 Å². The first-order valence-electron chi connectivity index (χ1n) is 4.60. The third-order valence-electron chi connectivity index (χ3n) is 1.89. The van der Waals surface area contributed by atoms with E-state index in [1.54, 1.807) is 11.9 Å². The van der Waals surface area contributed by atoms with Crippen LogP contribution < -0.4 is 0 Å². The summed E-state index contributed by atoms with van der Waals surface area (Å²) in [5.41, 5.74) is 2.34. The number of nitrogens with zero attached hydrogens (tertiary/aromatic N) is 1. The van der Waals surface area contributed by atoms with Crippen LogP contribution in [0, 0.1) is 0 Å². The summed E-state index contributed by atoms with van der Waals surface area (Å²) in [4.78, 5) is 12.0. The normalized spacial score (nSPS) is 11.1. The van der Waals surface area contributed by atoms with Crippen LogP contribution in [0.5, 0.6) is 0 Å². The lowest BCUT2D eigenvalue weighted by Crippen LogP contribution is -2.17. The molecule has 2 nitrogen and oxygen atoms in total. The highest BCUT2D eigenvalue weighted by molar-refractivity contribution is 5.54. The molecule has 0 bridgehead atoms. The summed E-state index contributed by atoms with van der Waals surface area (Å²) >= 11 is 0. The van der Waals surface area contributed by atoms with E-state index < -0.39 is 0 Å². The first kappa shape index (κ1) is 10.5. The fraction of sp³-hybridized carbons (Fsp3) is 0.250. The molecule has 74 valence electrons. The van der Waals surface area contributed by atoms with Crippen molar-refractivity contribution in [3.8, 4) is 0 Å². The number of hydrogen-bond acceptors (Lipinski definition) is 1. The Morgan fingerprint density at radius 3 is 2.57 bits per heavy atom. The number of benzene rings is 1. The smallest absolute Gasteiger partial charge is 0.209 e. The van der Waals surface area contributed by atoms with Gasteiger partial charge in [0.2, 0.25) is 6.41 Å². The molecule has 0 spiro atoms. The predicted octanol–water partition coefficient (Wildman–Crippen LogP) is 2.18. The molecule has 14 heavy (non-hydrogen) atoms. The van der Waals surface area contributed by atoms with Crippen LogP contribution in [-0.2, 0) is 4.79 Å². The van der Waals surface area contributed by atoms with E-state index in [9.17, 15) is 4.79 Å². The molecule has 0 saturated heterocycles. The number of hydrogen-bond donors (Lipinski definition) is 0. The van der Waals surface area contributed by atoms with Crippen molar-refractivity contribution in [3.63, 3.8) is 0 Å². The van der Waals surface area contributed by atoms with Gasteiger partial charge in [-0.25, -0.2) is 0 Å². The zero-order valence-electron chi connectivity index (χ0n) is 8.60. The average molecular weight is 189 g/mol. The largest absolute Gasteiger partial charge is 0.344 e. The topological polar surface area (TPSA) is 20.3 Å². The molecule has 0 aliphatic carbocycles. The van der Waals surface area contributed by atoms with Crippen molar-refractivity contribution >= 4 is 12.5 Å². The Balaban J connectivity index is 2.64. The molecule has 2 heteroatoms. The van der Waals surface area contributed by atoms with Crippen LogP contribution in [0.25, 0.3) is 6.08 Å². The molecule has 0 radical (unpaired) electrons. The van der Waals surface area contributed by atoms with Gasteiger partial charge in [0.05, 0.1) is 0 Å². The summed E-state index contributed by atoms with van der Waals surface area (Å²) in [6.45, 7) is 2.70. The number of rotatable bonds is 4. The van der Waals surface area contributed by atoms with E-state index >= 15 is 0 Å². The minimum absolute atomic E-state index is 0.679.